The fraction of sp³-hybridized carbons (Fsp3) is 0.500. The third-order valence-electron chi connectivity index (χ3n) is 3.40. The summed E-state index contributed by atoms with van der Waals surface area (Å²) >= 11 is 0. The van der Waals surface area contributed by atoms with Gasteiger partial charge in [-0.1, -0.05) is 13.8 Å². The average molecular weight is 365 g/mol. The largest absolute Gasteiger partial charge is 0.493 e. The van der Waals surface area contributed by atoms with Crippen molar-refractivity contribution in [3.8, 4) is 11.5 Å². The molecule has 3 amide bonds. The predicted octanol–water partition coefficient (Wildman–Crippen LogP) is 1.40. The summed E-state index contributed by atoms with van der Waals surface area (Å²) in [5.74, 6) is -0.544. The number of hydrogen-bond donors (Lipinski definition) is 3. The van der Waals surface area contributed by atoms with Gasteiger partial charge >= 0.3 is 0 Å². The molecule has 3 N–H and O–H groups in total. The van der Waals surface area contributed by atoms with Gasteiger partial charge in [-0.25, -0.2) is 0 Å². The summed E-state index contributed by atoms with van der Waals surface area (Å²) < 4.78 is 10.8. The number of carbonyl (C=O) groups is 3. The number of hydrazine groups is 1. The first-order valence-electron chi connectivity index (χ1n) is 8.37. The van der Waals surface area contributed by atoms with E-state index in [4.69, 9.17) is 9.47 Å². The summed E-state index contributed by atoms with van der Waals surface area (Å²) in [5, 5.41) is 2.55. The molecule has 26 heavy (non-hydrogen) atoms. The van der Waals surface area contributed by atoms with Crippen LogP contribution in [0.2, 0.25) is 0 Å². The molecule has 0 heterocycles. The highest BCUT2D eigenvalue weighted by molar-refractivity contribution is 5.96. The second-order valence-electron chi connectivity index (χ2n) is 6.40. The topological polar surface area (TPSA) is 106 Å². The van der Waals surface area contributed by atoms with Gasteiger partial charge in [0.25, 0.3) is 11.8 Å². The van der Waals surface area contributed by atoms with Crippen molar-refractivity contribution >= 4 is 17.7 Å². The number of nitrogens with one attached hydrogen (secondary N) is 3. The standard InChI is InChI=1S/C18H27N3O5/c1-10(2)16(19-12(5)22)18(24)21-20-17(23)13-7-8-14(26-11(3)4)15(9-13)25-6/h7-11,16H,1-6H3,(H,19,22)(H,20,23)(H,21,24). The van der Waals surface area contributed by atoms with Crippen molar-refractivity contribution in [3.63, 3.8) is 0 Å². The SMILES string of the molecule is COc1cc(C(=O)NNC(=O)C(NC(C)=O)C(C)C)ccc1OC(C)C. The Balaban J connectivity index is 2.78. The van der Waals surface area contributed by atoms with Gasteiger partial charge in [-0.2, -0.15) is 0 Å². The molecule has 8 nitrogen and oxygen atoms in total. The van der Waals surface area contributed by atoms with Gasteiger partial charge in [0.1, 0.15) is 6.04 Å². The van der Waals surface area contributed by atoms with Gasteiger partial charge in [0, 0.05) is 12.5 Å². The summed E-state index contributed by atoms with van der Waals surface area (Å²) in [7, 11) is 1.48. The Kier molecular flexibility index (Phi) is 7.89. The summed E-state index contributed by atoms with van der Waals surface area (Å²) in [6.45, 7) is 8.68. The van der Waals surface area contributed by atoms with Crippen LogP contribution in [0.25, 0.3) is 0 Å². The lowest BCUT2D eigenvalue weighted by Crippen LogP contribution is -2.54. The van der Waals surface area contributed by atoms with Gasteiger partial charge in [-0.05, 0) is 38.0 Å². The minimum atomic E-state index is -0.746. The van der Waals surface area contributed by atoms with Crippen molar-refractivity contribution in [2.24, 2.45) is 5.92 Å². The van der Waals surface area contributed by atoms with E-state index in [2.05, 4.69) is 16.2 Å². The Morgan fingerprint density at radius 3 is 2.15 bits per heavy atom. The molecule has 0 aliphatic carbocycles. The summed E-state index contributed by atoms with van der Waals surface area (Å²) in [4.78, 5) is 35.6. The van der Waals surface area contributed by atoms with E-state index in [1.807, 2.05) is 13.8 Å². The Hall–Kier alpha value is -2.77. The van der Waals surface area contributed by atoms with E-state index in [1.54, 1.807) is 26.0 Å². The number of benzene rings is 1. The first kappa shape index (κ1) is 21.3. The molecule has 0 aliphatic rings. The number of carbonyl (C=O) groups excluding carboxylic acids is 3. The van der Waals surface area contributed by atoms with E-state index in [9.17, 15) is 14.4 Å². The van der Waals surface area contributed by atoms with Crippen LogP contribution >= 0.6 is 0 Å². The maximum absolute atomic E-state index is 12.3. The molecular formula is C18H27N3O5. The van der Waals surface area contributed by atoms with E-state index in [1.165, 1.54) is 20.1 Å². The highest BCUT2D eigenvalue weighted by atomic mass is 16.5. The third kappa shape index (κ3) is 6.27. The second-order valence-corrected chi connectivity index (χ2v) is 6.40. The molecule has 1 unspecified atom stereocenters. The normalized spacial score (nSPS) is 11.7. The predicted molar refractivity (Wildman–Crippen MR) is 96.8 cm³/mol. The summed E-state index contributed by atoms with van der Waals surface area (Å²) in [5.41, 5.74) is 4.95. The molecule has 0 aliphatic heterocycles. The molecule has 1 atom stereocenters. The van der Waals surface area contributed by atoms with Crippen LogP contribution < -0.4 is 25.6 Å². The first-order chi connectivity index (χ1) is 12.1. The van der Waals surface area contributed by atoms with Crippen LogP contribution in [0.5, 0.6) is 11.5 Å². The molecule has 0 spiro atoms. The van der Waals surface area contributed by atoms with Gasteiger partial charge in [-0.3, -0.25) is 25.2 Å². The second kappa shape index (κ2) is 9.65. The molecule has 0 bridgehead atoms. The molecule has 1 aromatic carbocycles. The fourth-order valence-electron chi connectivity index (χ4n) is 2.18. The monoisotopic (exact) mass is 365 g/mol. The third-order valence-corrected chi connectivity index (χ3v) is 3.40. The number of hydrogen-bond acceptors (Lipinski definition) is 5. The van der Waals surface area contributed by atoms with Crippen LogP contribution in [0.15, 0.2) is 18.2 Å². The van der Waals surface area contributed by atoms with Crippen LogP contribution in [-0.4, -0.2) is 37.0 Å². The number of methoxy groups -OCH3 is 1. The highest BCUT2D eigenvalue weighted by Gasteiger charge is 2.23. The minimum absolute atomic E-state index is 0.0374. The number of amides is 3. The molecule has 1 rings (SSSR count). The zero-order valence-electron chi connectivity index (χ0n) is 16.0. The minimum Gasteiger partial charge on any atom is -0.493 e. The Labute approximate surface area is 153 Å². The van der Waals surface area contributed by atoms with Crippen molar-refractivity contribution in [2.75, 3.05) is 7.11 Å². The lowest BCUT2D eigenvalue weighted by molar-refractivity contribution is -0.129. The quantitative estimate of drug-likeness (QED) is 0.634. The molecule has 0 saturated carbocycles. The Morgan fingerprint density at radius 1 is 1.00 bits per heavy atom. The zero-order chi connectivity index (χ0) is 19.9. The highest BCUT2D eigenvalue weighted by Crippen LogP contribution is 2.28. The molecule has 0 saturated heterocycles. The van der Waals surface area contributed by atoms with Gasteiger partial charge < -0.3 is 14.8 Å². The smallest absolute Gasteiger partial charge is 0.269 e. The van der Waals surface area contributed by atoms with Gasteiger partial charge in [-0.15, -0.1) is 0 Å². The lowest BCUT2D eigenvalue weighted by atomic mass is 10.0. The number of rotatable bonds is 7. The fourth-order valence-corrected chi connectivity index (χ4v) is 2.18. The van der Waals surface area contributed by atoms with E-state index in [0.29, 0.717) is 17.1 Å². The van der Waals surface area contributed by atoms with E-state index in [0.717, 1.165) is 0 Å². The molecule has 0 radical (unpaired) electrons. The van der Waals surface area contributed by atoms with E-state index in [-0.39, 0.29) is 17.9 Å². The molecular weight excluding hydrogens is 338 g/mol. The Morgan fingerprint density at radius 2 is 1.65 bits per heavy atom. The van der Waals surface area contributed by atoms with Crippen molar-refractivity contribution in [2.45, 2.75) is 46.8 Å². The van der Waals surface area contributed by atoms with E-state index >= 15 is 0 Å². The molecule has 144 valence electrons. The summed E-state index contributed by atoms with van der Waals surface area (Å²) in [6, 6.07) is 3.97. The van der Waals surface area contributed by atoms with Crippen molar-refractivity contribution < 1.29 is 23.9 Å². The molecule has 0 aromatic heterocycles. The van der Waals surface area contributed by atoms with Gasteiger partial charge in [0.2, 0.25) is 5.91 Å². The molecule has 8 heteroatoms. The van der Waals surface area contributed by atoms with Crippen LogP contribution in [0.3, 0.4) is 0 Å². The average Bonchev–Trinajstić information content (AvgIpc) is 2.56. The zero-order valence-corrected chi connectivity index (χ0v) is 16.0. The van der Waals surface area contributed by atoms with Crippen LogP contribution in [-0.2, 0) is 9.59 Å². The Bertz CT molecular complexity index is 658. The lowest BCUT2D eigenvalue weighted by Gasteiger charge is -2.21. The molecule has 0 fully saturated rings. The maximum Gasteiger partial charge on any atom is 0.269 e. The first-order valence-corrected chi connectivity index (χ1v) is 8.37. The van der Waals surface area contributed by atoms with Gasteiger partial charge in [0.15, 0.2) is 11.5 Å². The molecule has 1 aromatic rings. The van der Waals surface area contributed by atoms with Gasteiger partial charge in [0.05, 0.1) is 13.2 Å². The van der Waals surface area contributed by atoms with Crippen LogP contribution in [0, 0.1) is 5.92 Å². The van der Waals surface area contributed by atoms with Crippen molar-refractivity contribution in [3.05, 3.63) is 23.8 Å². The van der Waals surface area contributed by atoms with Crippen LogP contribution in [0.4, 0.5) is 0 Å². The van der Waals surface area contributed by atoms with Crippen molar-refractivity contribution in [1.82, 2.24) is 16.2 Å². The van der Waals surface area contributed by atoms with Crippen LogP contribution in [0.1, 0.15) is 45.0 Å². The number of ether oxygens (including phenoxy) is 2. The summed E-state index contributed by atoms with van der Waals surface area (Å²) in [6.07, 6.45) is -0.0374. The maximum atomic E-state index is 12.3. The van der Waals surface area contributed by atoms with E-state index < -0.39 is 17.9 Å². The van der Waals surface area contributed by atoms with Crippen molar-refractivity contribution in [1.29, 1.82) is 0 Å².